The van der Waals surface area contributed by atoms with Crippen LogP contribution in [0.2, 0.25) is 0 Å². The van der Waals surface area contributed by atoms with Gasteiger partial charge in [-0.3, -0.25) is 14.5 Å². The van der Waals surface area contributed by atoms with Gasteiger partial charge in [-0.05, 0) is 36.0 Å². The standard InChI is InChI=1S/C19H25N5O2S/c1-3-14-7-5-6-8-16(14)20-17(25)13-23-9-11-24(12-10-23)19(26)18-15(4-2)21-22-27-18/h5-8H,3-4,9-13H2,1-2H3,(H,20,25). The highest BCUT2D eigenvalue weighted by Crippen LogP contribution is 2.17. The number of piperazine rings is 1. The summed E-state index contributed by atoms with van der Waals surface area (Å²) in [6.45, 7) is 6.97. The Balaban J connectivity index is 1.50. The van der Waals surface area contributed by atoms with E-state index in [1.807, 2.05) is 36.1 Å². The highest BCUT2D eigenvalue weighted by atomic mass is 32.1. The van der Waals surface area contributed by atoms with Crippen molar-refractivity contribution in [1.29, 1.82) is 0 Å². The second-order valence-corrected chi connectivity index (χ2v) is 7.28. The van der Waals surface area contributed by atoms with E-state index in [0.717, 1.165) is 34.9 Å². The number of carbonyl (C=O) groups excluding carboxylic acids is 2. The normalized spacial score (nSPS) is 15.0. The van der Waals surface area contributed by atoms with Crippen LogP contribution in [0.1, 0.15) is 34.8 Å². The first-order chi connectivity index (χ1) is 13.1. The van der Waals surface area contributed by atoms with Gasteiger partial charge in [0.2, 0.25) is 5.91 Å². The molecule has 8 heteroatoms. The van der Waals surface area contributed by atoms with Crippen LogP contribution >= 0.6 is 11.5 Å². The van der Waals surface area contributed by atoms with Crippen LogP contribution in [0.4, 0.5) is 5.69 Å². The van der Waals surface area contributed by atoms with Gasteiger partial charge in [-0.15, -0.1) is 5.10 Å². The summed E-state index contributed by atoms with van der Waals surface area (Å²) in [5, 5.41) is 7.02. The molecule has 2 amide bonds. The molecule has 7 nitrogen and oxygen atoms in total. The monoisotopic (exact) mass is 387 g/mol. The molecule has 1 aliphatic heterocycles. The van der Waals surface area contributed by atoms with E-state index in [9.17, 15) is 9.59 Å². The average molecular weight is 388 g/mol. The van der Waals surface area contributed by atoms with E-state index in [-0.39, 0.29) is 11.8 Å². The van der Waals surface area contributed by atoms with Gasteiger partial charge in [0.15, 0.2) is 0 Å². The van der Waals surface area contributed by atoms with E-state index in [1.54, 1.807) is 0 Å². The number of aromatic nitrogens is 2. The second-order valence-electron chi connectivity index (χ2n) is 6.53. The number of anilines is 1. The smallest absolute Gasteiger partial charge is 0.267 e. The van der Waals surface area contributed by atoms with Crippen molar-refractivity contribution >= 4 is 29.0 Å². The molecular formula is C19H25N5O2S. The number of para-hydroxylation sites is 1. The van der Waals surface area contributed by atoms with Gasteiger partial charge >= 0.3 is 0 Å². The molecule has 1 aromatic heterocycles. The molecule has 3 rings (SSSR count). The lowest BCUT2D eigenvalue weighted by Crippen LogP contribution is -2.50. The number of nitrogens with zero attached hydrogens (tertiary/aromatic N) is 4. The molecular weight excluding hydrogens is 362 g/mol. The van der Waals surface area contributed by atoms with Gasteiger partial charge in [0.25, 0.3) is 5.91 Å². The van der Waals surface area contributed by atoms with Crippen LogP contribution in [0.25, 0.3) is 0 Å². The van der Waals surface area contributed by atoms with Crippen LogP contribution in [0.3, 0.4) is 0 Å². The van der Waals surface area contributed by atoms with E-state index in [1.165, 1.54) is 0 Å². The Hall–Kier alpha value is -2.32. The fourth-order valence-corrected chi connectivity index (χ4v) is 3.92. The lowest BCUT2D eigenvalue weighted by molar-refractivity contribution is -0.117. The van der Waals surface area contributed by atoms with Crippen molar-refractivity contribution in [1.82, 2.24) is 19.4 Å². The lowest BCUT2D eigenvalue weighted by atomic mass is 10.1. The van der Waals surface area contributed by atoms with Gasteiger partial charge in [0.05, 0.1) is 12.2 Å². The van der Waals surface area contributed by atoms with Crippen LogP contribution in [-0.4, -0.2) is 63.9 Å². The zero-order valence-electron chi connectivity index (χ0n) is 15.8. The van der Waals surface area contributed by atoms with E-state index in [4.69, 9.17) is 0 Å². The predicted octanol–water partition coefficient (Wildman–Crippen LogP) is 2.06. The molecule has 1 aliphatic rings. The van der Waals surface area contributed by atoms with Gasteiger partial charge in [-0.1, -0.05) is 36.5 Å². The van der Waals surface area contributed by atoms with Crippen molar-refractivity contribution in [3.8, 4) is 0 Å². The number of nitrogens with one attached hydrogen (secondary N) is 1. The third kappa shape index (κ3) is 4.70. The number of benzene rings is 1. The molecule has 1 aromatic carbocycles. The number of hydrogen-bond acceptors (Lipinski definition) is 6. The Morgan fingerprint density at radius 3 is 2.56 bits per heavy atom. The molecule has 0 aliphatic carbocycles. The summed E-state index contributed by atoms with van der Waals surface area (Å²) in [5.41, 5.74) is 2.77. The SMILES string of the molecule is CCc1ccccc1NC(=O)CN1CCN(C(=O)c2snnc2CC)CC1. The number of amides is 2. The summed E-state index contributed by atoms with van der Waals surface area (Å²) in [7, 11) is 0. The molecule has 0 radical (unpaired) electrons. The van der Waals surface area contributed by atoms with Crippen molar-refractivity contribution < 1.29 is 9.59 Å². The molecule has 0 unspecified atom stereocenters. The number of rotatable bonds is 6. The molecule has 0 atom stereocenters. The molecule has 144 valence electrons. The van der Waals surface area contributed by atoms with Crippen molar-refractivity contribution in [2.45, 2.75) is 26.7 Å². The third-order valence-electron chi connectivity index (χ3n) is 4.78. The number of hydrogen-bond donors (Lipinski definition) is 1. The topological polar surface area (TPSA) is 78.4 Å². The Morgan fingerprint density at radius 2 is 1.85 bits per heavy atom. The van der Waals surface area contributed by atoms with E-state index in [2.05, 4.69) is 26.7 Å². The maximum atomic E-state index is 12.6. The summed E-state index contributed by atoms with van der Waals surface area (Å²) >= 11 is 1.16. The fraction of sp³-hybridized carbons (Fsp3) is 0.474. The first-order valence-corrected chi connectivity index (χ1v) is 10.1. The molecule has 2 aromatic rings. The quantitative estimate of drug-likeness (QED) is 0.821. The summed E-state index contributed by atoms with van der Waals surface area (Å²) in [6.07, 6.45) is 1.58. The predicted molar refractivity (Wildman–Crippen MR) is 106 cm³/mol. The molecule has 0 spiro atoms. The zero-order valence-corrected chi connectivity index (χ0v) is 16.6. The summed E-state index contributed by atoms with van der Waals surface area (Å²) < 4.78 is 3.90. The minimum absolute atomic E-state index is 0.00262. The Kier molecular flexibility index (Phi) is 6.52. The van der Waals surface area contributed by atoms with E-state index >= 15 is 0 Å². The molecule has 1 fully saturated rings. The van der Waals surface area contributed by atoms with Gasteiger partial charge in [-0.2, -0.15) is 0 Å². The number of carbonyl (C=O) groups is 2. The Labute approximate surface area is 163 Å². The van der Waals surface area contributed by atoms with Crippen LogP contribution in [0, 0.1) is 0 Å². The van der Waals surface area contributed by atoms with Gasteiger partial charge < -0.3 is 10.2 Å². The van der Waals surface area contributed by atoms with Crippen molar-refractivity contribution in [2.75, 3.05) is 38.0 Å². The lowest BCUT2D eigenvalue weighted by Gasteiger charge is -2.34. The first-order valence-electron chi connectivity index (χ1n) is 9.33. The highest BCUT2D eigenvalue weighted by molar-refractivity contribution is 7.08. The summed E-state index contributed by atoms with van der Waals surface area (Å²) in [6, 6.07) is 7.87. The second kappa shape index (κ2) is 9.05. The van der Waals surface area contributed by atoms with E-state index in [0.29, 0.717) is 44.0 Å². The van der Waals surface area contributed by atoms with Gasteiger partial charge in [-0.25, -0.2) is 0 Å². The molecule has 0 bridgehead atoms. The van der Waals surface area contributed by atoms with Crippen molar-refractivity contribution in [3.05, 3.63) is 40.4 Å². The largest absolute Gasteiger partial charge is 0.335 e. The van der Waals surface area contributed by atoms with Crippen LogP contribution in [-0.2, 0) is 17.6 Å². The van der Waals surface area contributed by atoms with Crippen LogP contribution < -0.4 is 5.32 Å². The average Bonchev–Trinajstić information content (AvgIpc) is 3.17. The molecule has 1 saturated heterocycles. The molecule has 27 heavy (non-hydrogen) atoms. The zero-order chi connectivity index (χ0) is 19.2. The number of aryl methyl sites for hydroxylation is 2. The van der Waals surface area contributed by atoms with Crippen LogP contribution in [0.5, 0.6) is 0 Å². The first kappa shape index (κ1) is 19.4. The summed E-state index contributed by atoms with van der Waals surface area (Å²) in [5.74, 6) is -0.0153. The van der Waals surface area contributed by atoms with Gasteiger partial charge in [0.1, 0.15) is 4.88 Å². The molecule has 1 N–H and O–H groups in total. The van der Waals surface area contributed by atoms with E-state index < -0.39 is 0 Å². The van der Waals surface area contributed by atoms with Crippen LogP contribution in [0.15, 0.2) is 24.3 Å². The maximum Gasteiger partial charge on any atom is 0.267 e. The third-order valence-corrected chi connectivity index (χ3v) is 5.54. The highest BCUT2D eigenvalue weighted by Gasteiger charge is 2.26. The molecule has 0 saturated carbocycles. The fourth-order valence-electron chi connectivity index (χ4n) is 3.20. The van der Waals surface area contributed by atoms with Crippen molar-refractivity contribution in [3.63, 3.8) is 0 Å². The molecule has 2 heterocycles. The maximum absolute atomic E-state index is 12.6. The minimum Gasteiger partial charge on any atom is -0.335 e. The Morgan fingerprint density at radius 1 is 1.11 bits per heavy atom. The summed E-state index contributed by atoms with van der Waals surface area (Å²) in [4.78, 5) is 29.6. The Bertz CT molecular complexity index is 799. The van der Waals surface area contributed by atoms with Gasteiger partial charge in [0, 0.05) is 31.9 Å². The van der Waals surface area contributed by atoms with Crippen molar-refractivity contribution in [2.24, 2.45) is 0 Å². The minimum atomic E-state index is -0.0180.